The van der Waals surface area contributed by atoms with E-state index in [9.17, 15) is 18.0 Å². The van der Waals surface area contributed by atoms with Crippen molar-refractivity contribution in [2.24, 2.45) is 17.6 Å². The van der Waals surface area contributed by atoms with Crippen molar-refractivity contribution in [3.8, 4) is 0 Å². The molecule has 0 aromatic heterocycles. The van der Waals surface area contributed by atoms with Gasteiger partial charge in [-0.05, 0) is 39.0 Å². The van der Waals surface area contributed by atoms with Crippen molar-refractivity contribution in [3.63, 3.8) is 0 Å². The zero-order valence-electron chi connectivity index (χ0n) is 11.7. The number of hydrogen-bond donors (Lipinski definition) is 1. The molecule has 1 fully saturated rings. The fourth-order valence-electron chi connectivity index (χ4n) is 2.52. The molecule has 0 aromatic rings. The Kier molecular flexibility index (Phi) is 5.24. The van der Waals surface area contributed by atoms with E-state index in [4.69, 9.17) is 5.73 Å². The van der Waals surface area contributed by atoms with Gasteiger partial charge < -0.3 is 10.6 Å². The lowest BCUT2D eigenvalue weighted by atomic mass is 9.79. The van der Waals surface area contributed by atoms with Gasteiger partial charge in [0.25, 0.3) is 0 Å². The molecular weight excluding hydrogens is 257 g/mol. The molecule has 0 aromatic carbocycles. The maximum atomic E-state index is 12.5. The monoisotopic (exact) mass is 280 g/mol. The lowest BCUT2D eigenvalue weighted by Gasteiger charge is -2.36. The average molecular weight is 280 g/mol. The number of rotatable bonds is 3. The Labute approximate surface area is 112 Å². The van der Waals surface area contributed by atoms with Gasteiger partial charge in [-0.25, -0.2) is 0 Å². The second-order valence-corrected chi connectivity index (χ2v) is 5.83. The molecule has 6 heteroatoms. The molecule has 3 nitrogen and oxygen atoms in total. The lowest BCUT2D eigenvalue weighted by molar-refractivity contribution is -0.168. The van der Waals surface area contributed by atoms with Crippen LogP contribution in [0.5, 0.6) is 0 Å². The molecule has 0 saturated heterocycles. The van der Waals surface area contributed by atoms with Gasteiger partial charge in [0.05, 0.1) is 0 Å². The van der Waals surface area contributed by atoms with Gasteiger partial charge in [-0.15, -0.1) is 0 Å². The summed E-state index contributed by atoms with van der Waals surface area (Å²) in [6.45, 7) is 4.05. The zero-order chi connectivity index (χ0) is 14.8. The number of halogens is 3. The highest BCUT2D eigenvalue weighted by Crippen LogP contribution is 2.30. The van der Waals surface area contributed by atoms with Crippen LogP contribution in [0.4, 0.5) is 13.2 Å². The van der Waals surface area contributed by atoms with Crippen LogP contribution in [-0.2, 0) is 4.79 Å². The van der Waals surface area contributed by atoms with E-state index in [0.717, 1.165) is 11.3 Å². The summed E-state index contributed by atoms with van der Waals surface area (Å²) in [4.78, 5) is 13.2. The van der Waals surface area contributed by atoms with Gasteiger partial charge in [0, 0.05) is 18.0 Å². The molecule has 112 valence electrons. The summed E-state index contributed by atoms with van der Waals surface area (Å²) in [5.41, 5.74) is 5.92. The first-order chi connectivity index (χ1) is 8.61. The van der Waals surface area contributed by atoms with Crippen LogP contribution in [0.15, 0.2) is 0 Å². The number of amides is 1. The minimum absolute atomic E-state index is 0.0948. The molecule has 1 aliphatic rings. The predicted molar refractivity (Wildman–Crippen MR) is 67.4 cm³/mol. The van der Waals surface area contributed by atoms with Crippen molar-refractivity contribution in [2.45, 2.75) is 58.3 Å². The number of carbonyl (C=O) groups excluding carboxylic acids is 1. The third-order valence-corrected chi connectivity index (χ3v) is 3.86. The van der Waals surface area contributed by atoms with Crippen LogP contribution >= 0.6 is 0 Å². The highest BCUT2D eigenvalue weighted by atomic mass is 19.4. The molecule has 1 rings (SSSR count). The van der Waals surface area contributed by atoms with E-state index >= 15 is 0 Å². The van der Waals surface area contributed by atoms with Crippen LogP contribution in [-0.4, -0.2) is 35.6 Å². The van der Waals surface area contributed by atoms with Crippen LogP contribution in [0.1, 0.15) is 40.0 Å². The molecule has 19 heavy (non-hydrogen) atoms. The standard InChI is InChI=1S/C13H23F3N2O/c1-8(2)18(7-13(14,15)16)12(19)10-5-4-9(3)11(17)6-10/h8-11H,4-7,17H2,1-3H3. The summed E-state index contributed by atoms with van der Waals surface area (Å²) in [5, 5.41) is 0. The molecule has 0 aliphatic heterocycles. The third kappa shape index (κ3) is 4.67. The molecule has 0 heterocycles. The van der Waals surface area contributed by atoms with Crippen LogP contribution in [0.2, 0.25) is 0 Å². The van der Waals surface area contributed by atoms with Gasteiger partial charge in [-0.1, -0.05) is 6.92 Å². The maximum Gasteiger partial charge on any atom is 0.406 e. The number of nitrogens with two attached hydrogens (primary N) is 1. The first-order valence-corrected chi connectivity index (χ1v) is 6.74. The smallest absolute Gasteiger partial charge is 0.331 e. The van der Waals surface area contributed by atoms with E-state index < -0.39 is 24.7 Å². The fraction of sp³-hybridized carbons (Fsp3) is 0.923. The molecular formula is C13H23F3N2O. The van der Waals surface area contributed by atoms with E-state index in [1.807, 2.05) is 6.92 Å². The van der Waals surface area contributed by atoms with E-state index in [1.165, 1.54) is 0 Å². The quantitative estimate of drug-likeness (QED) is 0.863. The van der Waals surface area contributed by atoms with Crippen LogP contribution in [0.3, 0.4) is 0 Å². The number of alkyl halides is 3. The predicted octanol–water partition coefficient (Wildman–Crippen LogP) is 2.55. The highest BCUT2D eigenvalue weighted by Gasteiger charge is 2.38. The highest BCUT2D eigenvalue weighted by molar-refractivity contribution is 5.79. The first kappa shape index (κ1) is 16.3. The summed E-state index contributed by atoms with van der Waals surface area (Å²) in [6.07, 6.45) is -2.44. The van der Waals surface area contributed by atoms with Gasteiger partial charge in [-0.2, -0.15) is 13.2 Å². The van der Waals surface area contributed by atoms with Crippen molar-refractivity contribution in [1.82, 2.24) is 4.90 Å². The van der Waals surface area contributed by atoms with Crippen LogP contribution in [0.25, 0.3) is 0 Å². The minimum Gasteiger partial charge on any atom is -0.331 e. The van der Waals surface area contributed by atoms with Crippen molar-refractivity contribution >= 4 is 5.91 Å². The number of hydrogen-bond acceptors (Lipinski definition) is 2. The second-order valence-electron chi connectivity index (χ2n) is 5.83. The fourth-order valence-corrected chi connectivity index (χ4v) is 2.52. The van der Waals surface area contributed by atoms with Crippen molar-refractivity contribution in [1.29, 1.82) is 0 Å². The molecule has 0 spiro atoms. The van der Waals surface area contributed by atoms with E-state index in [0.29, 0.717) is 18.8 Å². The van der Waals surface area contributed by atoms with Crippen LogP contribution in [0, 0.1) is 11.8 Å². The van der Waals surface area contributed by atoms with Crippen molar-refractivity contribution < 1.29 is 18.0 Å². The zero-order valence-corrected chi connectivity index (χ0v) is 11.7. The molecule has 3 unspecified atom stereocenters. The molecule has 1 aliphatic carbocycles. The Morgan fingerprint density at radius 2 is 1.95 bits per heavy atom. The number of nitrogens with zero attached hydrogens (tertiary/aromatic N) is 1. The summed E-state index contributed by atoms with van der Waals surface area (Å²) < 4.78 is 37.5. The average Bonchev–Trinajstić information content (AvgIpc) is 2.27. The Morgan fingerprint density at radius 3 is 2.37 bits per heavy atom. The summed E-state index contributed by atoms with van der Waals surface area (Å²) in [6, 6.07) is -0.549. The van der Waals surface area contributed by atoms with Gasteiger partial charge in [0.1, 0.15) is 6.54 Å². The van der Waals surface area contributed by atoms with Crippen molar-refractivity contribution in [2.75, 3.05) is 6.54 Å². The Morgan fingerprint density at radius 1 is 1.37 bits per heavy atom. The molecule has 0 radical (unpaired) electrons. The molecule has 1 amide bonds. The van der Waals surface area contributed by atoms with Crippen molar-refractivity contribution in [3.05, 3.63) is 0 Å². The van der Waals surface area contributed by atoms with E-state index in [2.05, 4.69) is 0 Å². The Balaban J connectivity index is 2.72. The maximum absolute atomic E-state index is 12.5. The molecule has 3 atom stereocenters. The second kappa shape index (κ2) is 6.11. The van der Waals surface area contributed by atoms with Gasteiger partial charge in [0.15, 0.2) is 0 Å². The SMILES string of the molecule is CC1CCC(C(=O)N(CC(F)(F)F)C(C)C)CC1N. The minimum atomic E-state index is -4.36. The van der Waals surface area contributed by atoms with E-state index in [-0.39, 0.29) is 12.0 Å². The van der Waals surface area contributed by atoms with Gasteiger partial charge in [-0.3, -0.25) is 4.79 Å². The first-order valence-electron chi connectivity index (χ1n) is 6.74. The largest absolute Gasteiger partial charge is 0.406 e. The summed E-state index contributed by atoms with van der Waals surface area (Å²) in [7, 11) is 0. The number of carbonyl (C=O) groups is 1. The molecule has 0 bridgehead atoms. The Bertz CT molecular complexity index is 318. The topological polar surface area (TPSA) is 46.3 Å². The summed E-state index contributed by atoms with van der Waals surface area (Å²) >= 11 is 0. The Hall–Kier alpha value is -0.780. The van der Waals surface area contributed by atoms with Gasteiger partial charge >= 0.3 is 6.18 Å². The van der Waals surface area contributed by atoms with Crippen LogP contribution < -0.4 is 5.73 Å². The third-order valence-electron chi connectivity index (χ3n) is 3.86. The van der Waals surface area contributed by atoms with Gasteiger partial charge in [0.2, 0.25) is 5.91 Å². The van der Waals surface area contributed by atoms with E-state index in [1.54, 1.807) is 13.8 Å². The normalized spacial score (nSPS) is 28.5. The molecule has 2 N–H and O–H groups in total. The molecule has 1 saturated carbocycles. The summed E-state index contributed by atoms with van der Waals surface area (Å²) in [5.74, 6) is -0.440. The lowest BCUT2D eigenvalue weighted by Crippen LogP contribution is -2.48.